The summed E-state index contributed by atoms with van der Waals surface area (Å²) in [6.45, 7) is 6.63. The Morgan fingerprint density at radius 3 is 2.90 bits per heavy atom. The summed E-state index contributed by atoms with van der Waals surface area (Å²) in [5.41, 5.74) is 3.37. The van der Waals surface area contributed by atoms with E-state index in [9.17, 15) is 9.59 Å². The van der Waals surface area contributed by atoms with Crippen molar-refractivity contribution >= 4 is 16.9 Å². The van der Waals surface area contributed by atoms with E-state index in [1.807, 2.05) is 24.3 Å². The van der Waals surface area contributed by atoms with Gasteiger partial charge in [-0.25, -0.2) is 4.98 Å². The predicted octanol–water partition coefficient (Wildman–Crippen LogP) is 1.30. The zero-order valence-corrected chi connectivity index (χ0v) is 16.5. The molecule has 1 aliphatic heterocycles. The van der Waals surface area contributed by atoms with E-state index >= 15 is 0 Å². The van der Waals surface area contributed by atoms with Gasteiger partial charge in [0, 0.05) is 38.9 Å². The first-order valence-electron chi connectivity index (χ1n) is 9.82. The molecule has 0 radical (unpaired) electrons. The minimum absolute atomic E-state index is 0.206. The molecule has 152 valence electrons. The molecule has 0 saturated carbocycles. The van der Waals surface area contributed by atoms with Crippen molar-refractivity contribution in [1.82, 2.24) is 24.8 Å². The number of imidazole rings is 1. The third kappa shape index (κ3) is 4.38. The molecule has 2 aromatic heterocycles. The summed E-state index contributed by atoms with van der Waals surface area (Å²) in [5.74, 6) is -0.349. The van der Waals surface area contributed by atoms with Gasteiger partial charge in [-0.1, -0.05) is 6.07 Å². The molecule has 1 fully saturated rings. The van der Waals surface area contributed by atoms with E-state index in [2.05, 4.69) is 20.2 Å². The molecule has 3 heterocycles. The number of benzene rings is 1. The van der Waals surface area contributed by atoms with Gasteiger partial charge < -0.3 is 19.6 Å². The summed E-state index contributed by atoms with van der Waals surface area (Å²) >= 11 is 0. The van der Waals surface area contributed by atoms with Crippen molar-refractivity contribution in [2.24, 2.45) is 0 Å². The van der Waals surface area contributed by atoms with Crippen LogP contribution in [0.3, 0.4) is 0 Å². The van der Waals surface area contributed by atoms with Crippen LogP contribution in [0.2, 0.25) is 0 Å². The van der Waals surface area contributed by atoms with Crippen LogP contribution < -0.4 is 10.9 Å². The molecule has 0 spiro atoms. The fraction of sp³-hybridized carbons (Fsp3) is 0.381. The molecule has 3 aromatic rings. The Morgan fingerprint density at radius 2 is 2.07 bits per heavy atom. The lowest BCUT2D eigenvalue weighted by Crippen LogP contribution is -2.40. The summed E-state index contributed by atoms with van der Waals surface area (Å²) < 4.78 is 6.97. The molecular formula is C21H25N5O3. The van der Waals surface area contributed by atoms with Gasteiger partial charge in [0.15, 0.2) is 0 Å². The maximum Gasteiger partial charge on any atom is 0.263 e. The van der Waals surface area contributed by atoms with Gasteiger partial charge in [-0.15, -0.1) is 0 Å². The van der Waals surface area contributed by atoms with Gasteiger partial charge >= 0.3 is 0 Å². The molecule has 1 saturated heterocycles. The van der Waals surface area contributed by atoms with Crippen LogP contribution in [0.15, 0.2) is 41.6 Å². The van der Waals surface area contributed by atoms with Crippen LogP contribution in [0, 0.1) is 6.92 Å². The Kier molecular flexibility index (Phi) is 5.73. The van der Waals surface area contributed by atoms with Crippen LogP contribution in [0.25, 0.3) is 11.0 Å². The number of aryl methyl sites for hydroxylation is 1. The van der Waals surface area contributed by atoms with Crippen LogP contribution in [-0.4, -0.2) is 58.2 Å². The number of rotatable bonds is 6. The Hall–Kier alpha value is -2.97. The van der Waals surface area contributed by atoms with Crippen molar-refractivity contribution in [3.63, 3.8) is 0 Å². The van der Waals surface area contributed by atoms with Crippen LogP contribution >= 0.6 is 0 Å². The first-order valence-corrected chi connectivity index (χ1v) is 9.82. The van der Waals surface area contributed by atoms with E-state index in [0.717, 1.165) is 49.4 Å². The number of H-pyrrole nitrogens is 1. The monoisotopic (exact) mass is 395 g/mol. The Labute approximate surface area is 168 Å². The van der Waals surface area contributed by atoms with Crippen molar-refractivity contribution in [3.8, 4) is 0 Å². The van der Waals surface area contributed by atoms with Crippen molar-refractivity contribution in [2.45, 2.75) is 20.0 Å². The van der Waals surface area contributed by atoms with Crippen molar-refractivity contribution in [3.05, 3.63) is 63.8 Å². The van der Waals surface area contributed by atoms with Gasteiger partial charge in [-0.2, -0.15) is 0 Å². The fourth-order valence-corrected chi connectivity index (χ4v) is 3.55. The fourth-order valence-electron chi connectivity index (χ4n) is 3.55. The number of amides is 1. The zero-order valence-electron chi connectivity index (χ0n) is 16.5. The van der Waals surface area contributed by atoms with E-state index in [1.54, 1.807) is 24.0 Å². The molecule has 8 nitrogen and oxygen atoms in total. The second-order valence-corrected chi connectivity index (χ2v) is 7.26. The SMILES string of the molecule is Cc1ccn(CCN2CCOCC2)c(=O)c1C(=O)NCc1ccc2nc[nH]c2c1. The minimum atomic E-state index is -0.349. The predicted molar refractivity (Wildman–Crippen MR) is 110 cm³/mol. The molecule has 8 heteroatoms. The van der Waals surface area contributed by atoms with Crippen molar-refractivity contribution < 1.29 is 9.53 Å². The summed E-state index contributed by atoms with van der Waals surface area (Å²) in [4.78, 5) is 35.2. The average molecular weight is 395 g/mol. The highest BCUT2D eigenvalue weighted by molar-refractivity contribution is 5.95. The number of morpholine rings is 1. The number of nitrogens with zero attached hydrogens (tertiary/aromatic N) is 3. The standard InChI is InChI=1S/C21H25N5O3/c1-15-4-5-26(7-6-25-8-10-29-11-9-25)21(28)19(15)20(27)22-13-16-2-3-17-18(12-16)24-14-23-17/h2-5,12,14H,6-11,13H2,1H3,(H,22,27)(H,23,24). The normalized spacial score (nSPS) is 14.9. The summed E-state index contributed by atoms with van der Waals surface area (Å²) in [6, 6.07) is 7.59. The molecule has 4 rings (SSSR count). The van der Waals surface area contributed by atoms with Crippen LogP contribution in [-0.2, 0) is 17.8 Å². The molecule has 2 N–H and O–H groups in total. The average Bonchev–Trinajstić information content (AvgIpc) is 3.20. The number of ether oxygens (including phenoxy) is 1. The number of fused-ring (bicyclic) bond motifs is 1. The number of aromatic amines is 1. The van der Waals surface area contributed by atoms with E-state index in [1.165, 1.54) is 0 Å². The lowest BCUT2D eigenvalue weighted by atomic mass is 10.1. The number of aromatic nitrogens is 3. The molecule has 0 aliphatic carbocycles. The third-order valence-corrected chi connectivity index (χ3v) is 5.30. The third-order valence-electron chi connectivity index (χ3n) is 5.30. The number of pyridine rings is 1. The summed E-state index contributed by atoms with van der Waals surface area (Å²) in [7, 11) is 0. The Morgan fingerprint density at radius 1 is 1.24 bits per heavy atom. The first kappa shape index (κ1) is 19.4. The first-order chi connectivity index (χ1) is 14.1. The summed E-state index contributed by atoms with van der Waals surface area (Å²) in [5, 5.41) is 2.87. The zero-order chi connectivity index (χ0) is 20.2. The highest BCUT2D eigenvalue weighted by Crippen LogP contribution is 2.12. The number of hydrogen-bond acceptors (Lipinski definition) is 5. The second kappa shape index (κ2) is 8.59. The summed E-state index contributed by atoms with van der Waals surface area (Å²) in [6.07, 6.45) is 3.40. The number of nitrogens with one attached hydrogen (secondary N) is 2. The molecule has 0 bridgehead atoms. The van der Waals surface area contributed by atoms with Crippen molar-refractivity contribution in [1.29, 1.82) is 0 Å². The van der Waals surface area contributed by atoms with Gasteiger partial charge in [0.2, 0.25) is 0 Å². The molecule has 0 unspecified atom stereocenters. The second-order valence-electron chi connectivity index (χ2n) is 7.26. The maximum absolute atomic E-state index is 12.9. The van der Waals surface area contributed by atoms with Crippen LogP contribution in [0.1, 0.15) is 21.5 Å². The van der Waals surface area contributed by atoms with E-state index in [0.29, 0.717) is 18.7 Å². The molecule has 29 heavy (non-hydrogen) atoms. The quantitative estimate of drug-likeness (QED) is 0.656. The molecular weight excluding hydrogens is 370 g/mol. The maximum atomic E-state index is 12.9. The number of carbonyl (C=O) groups excluding carboxylic acids is 1. The van der Waals surface area contributed by atoms with Gasteiger partial charge in [0.25, 0.3) is 11.5 Å². The van der Waals surface area contributed by atoms with Gasteiger partial charge in [-0.3, -0.25) is 14.5 Å². The van der Waals surface area contributed by atoms with Gasteiger partial charge in [-0.05, 0) is 36.2 Å². The number of hydrogen-bond donors (Lipinski definition) is 2. The lowest BCUT2D eigenvalue weighted by Gasteiger charge is -2.26. The van der Waals surface area contributed by atoms with E-state index in [4.69, 9.17) is 4.74 Å². The molecule has 1 aromatic carbocycles. The van der Waals surface area contributed by atoms with Gasteiger partial charge in [0.05, 0.1) is 30.6 Å². The molecule has 0 atom stereocenters. The van der Waals surface area contributed by atoms with E-state index < -0.39 is 0 Å². The van der Waals surface area contributed by atoms with Gasteiger partial charge in [0.1, 0.15) is 5.56 Å². The Bertz CT molecular complexity index is 1070. The van der Waals surface area contributed by atoms with Crippen molar-refractivity contribution in [2.75, 3.05) is 32.8 Å². The molecule has 1 amide bonds. The smallest absolute Gasteiger partial charge is 0.263 e. The largest absolute Gasteiger partial charge is 0.379 e. The van der Waals surface area contributed by atoms with Crippen LogP contribution in [0.4, 0.5) is 0 Å². The Balaban J connectivity index is 1.44. The lowest BCUT2D eigenvalue weighted by molar-refractivity contribution is 0.0362. The molecule has 1 aliphatic rings. The highest BCUT2D eigenvalue weighted by atomic mass is 16.5. The van der Waals surface area contributed by atoms with E-state index in [-0.39, 0.29) is 17.0 Å². The number of carbonyl (C=O) groups is 1. The van der Waals surface area contributed by atoms with Crippen LogP contribution in [0.5, 0.6) is 0 Å². The topological polar surface area (TPSA) is 92.2 Å². The highest BCUT2D eigenvalue weighted by Gasteiger charge is 2.17. The minimum Gasteiger partial charge on any atom is -0.379 e.